The number of benzene rings is 2. The van der Waals surface area contributed by atoms with Crippen molar-refractivity contribution in [1.82, 2.24) is 5.32 Å². The Hall–Kier alpha value is -3.03. The Kier molecular flexibility index (Phi) is 6.97. The molecule has 5 nitrogen and oxygen atoms in total. The highest BCUT2D eigenvalue weighted by molar-refractivity contribution is 6.39. The number of hydrogen-bond acceptors (Lipinski definition) is 3. The molecule has 0 aromatic heterocycles. The number of piperidine rings is 1. The van der Waals surface area contributed by atoms with Crippen molar-refractivity contribution in [2.45, 2.75) is 31.9 Å². The van der Waals surface area contributed by atoms with Gasteiger partial charge < -0.3 is 15.5 Å². The molecule has 0 spiro atoms. The normalized spacial score (nSPS) is 14.3. The lowest BCUT2D eigenvalue weighted by Gasteiger charge is -2.28. The van der Waals surface area contributed by atoms with Gasteiger partial charge >= 0.3 is 18.0 Å². The minimum absolute atomic E-state index is 0.0849. The summed E-state index contributed by atoms with van der Waals surface area (Å²) in [5, 5.41) is 4.68. The van der Waals surface area contributed by atoms with Crippen LogP contribution in [0.2, 0.25) is 0 Å². The highest BCUT2D eigenvalue weighted by Gasteiger charge is 2.30. The van der Waals surface area contributed by atoms with Gasteiger partial charge in [0.25, 0.3) is 0 Å². The van der Waals surface area contributed by atoms with Gasteiger partial charge in [-0.2, -0.15) is 13.2 Å². The van der Waals surface area contributed by atoms with E-state index in [-0.39, 0.29) is 12.2 Å². The fraction of sp³-hybridized carbons (Fsp3) is 0.364. The zero-order chi connectivity index (χ0) is 21.6. The molecule has 0 bridgehead atoms. The minimum atomic E-state index is -4.52. The van der Waals surface area contributed by atoms with Crippen molar-refractivity contribution in [3.8, 4) is 0 Å². The molecule has 1 saturated heterocycles. The minimum Gasteiger partial charge on any atom is -0.372 e. The quantitative estimate of drug-likeness (QED) is 0.721. The SMILES string of the molecule is O=C(NCCc1ccc(N2CCCCC2)cc1)C(=O)Nc1cccc(C(F)(F)F)c1. The van der Waals surface area contributed by atoms with Gasteiger partial charge in [0.15, 0.2) is 0 Å². The number of nitrogens with one attached hydrogen (secondary N) is 2. The Morgan fingerprint density at radius 3 is 2.30 bits per heavy atom. The van der Waals surface area contributed by atoms with Gasteiger partial charge in [0.1, 0.15) is 0 Å². The number of carbonyl (C=O) groups is 2. The number of carbonyl (C=O) groups excluding carboxylic acids is 2. The van der Waals surface area contributed by atoms with E-state index in [1.54, 1.807) is 0 Å². The Morgan fingerprint density at radius 1 is 0.933 bits per heavy atom. The van der Waals surface area contributed by atoms with Crippen LogP contribution >= 0.6 is 0 Å². The summed E-state index contributed by atoms with van der Waals surface area (Å²) in [6, 6.07) is 12.3. The van der Waals surface area contributed by atoms with E-state index < -0.39 is 23.6 Å². The zero-order valence-electron chi connectivity index (χ0n) is 16.5. The fourth-order valence-electron chi connectivity index (χ4n) is 3.39. The third-order valence-corrected chi connectivity index (χ3v) is 5.01. The van der Waals surface area contributed by atoms with Crippen LogP contribution in [0.15, 0.2) is 48.5 Å². The zero-order valence-corrected chi connectivity index (χ0v) is 16.5. The molecule has 0 saturated carbocycles. The second-order valence-electron chi connectivity index (χ2n) is 7.25. The topological polar surface area (TPSA) is 61.4 Å². The van der Waals surface area contributed by atoms with Gasteiger partial charge in [-0.05, 0) is 61.6 Å². The molecule has 1 aliphatic heterocycles. The summed E-state index contributed by atoms with van der Waals surface area (Å²) in [6.07, 6.45) is -0.294. The van der Waals surface area contributed by atoms with E-state index in [1.165, 1.54) is 37.1 Å². The predicted octanol–water partition coefficient (Wildman–Crippen LogP) is 3.99. The van der Waals surface area contributed by atoms with E-state index in [9.17, 15) is 22.8 Å². The van der Waals surface area contributed by atoms with Crippen LogP contribution in [0, 0.1) is 0 Å². The molecule has 0 atom stereocenters. The average Bonchev–Trinajstić information content (AvgIpc) is 2.74. The molecule has 1 heterocycles. The van der Waals surface area contributed by atoms with Gasteiger partial charge in [0.2, 0.25) is 0 Å². The smallest absolute Gasteiger partial charge is 0.372 e. The summed E-state index contributed by atoms with van der Waals surface area (Å²) in [4.78, 5) is 26.2. The van der Waals surface area contributed by atoms with Gasteiger partial charge in [-0.15, -0.1) is 0 Å². The molecule has 0 unspecified atom stereocenters. The highest BCUT2D eigenvalue weighted by atomic mass is 19.4. The molecule has 0 radical (unpaired) electrons. The maximum absolute atomic E-state index is 12.7. The van der Waals surface area contributed by atoms with E-state index in [4.69, 9.17) is 0 Å². The van der Waals surface area contributed by atoms with Crippen LogP contribution in [0.5, 0.6) is 0 Å². The number of anilines is 2. The molecule has 2 aromatic carbocycles. The second kappa shape index (κ2) is 9.65. The second-order valence-corrected chi connectivity index (χ2v) is 7.25. The van der Waals surface area contributed by atoms with Crippen LogP contribution in [0.25, 0.3) is 0 Å². The van der Waals surface area contributed by atoms with E-state index >= 15 is 0 Å². The monoisotopic (exact) mass is 419 g/mol. The third kappa shape index (κ3) is 5.98. The number of amides is 2. The lowest BCUT2D eigenvalue weighted by molar-refractivity contribution is -0.137. The van der Waals surface area contributed by atoms with Crippen LogP contribution in [0.4, 0.5) is 24.5 Å². The van der Waals surface area contributed by atoms with E-state index in [0.29, 0.717) is 6.42 Å². The summed E-state index contributed by atoms with van der Waals surface area (Å²) in [5.74, 6) is -1.90. The number of alkyl halides is 3. The van der Waals surface area contributed by atoms with Crippen molar-refractivity contribution in [2.75, 3.05) is 29.9 Å². The van der Waals surface area contributed by atoms with Crippen molar-refractivity contribution in [1.29, 1.82) is 0 Å². The lowest BCUT2D eigenvalue weighted by Crippen LogP contribution is -2.36. The van der Waals surface area contributed by atoms with Crippen molar-refractivity contribution >= 4 is 23.2 Å². The third-order valence-electron chi connectivity index (χ3n) is 5.01. The standard InChI is InChI=1S/C22H24F3N3O2/c23-22(24,25)17-5-4-6-18(15-17)27-21(30)20(29)26-12-11-16-7-9-19(10-8-16)28-13-2-1-3-14-28/h4-10,15H,1-3,11-14H2,(H,26,29)(H,27,30). The molecule has 2 amide bonds. The van der Waals surface area contributed by atoms with E-state index in [1.807, 2.05) is 12.1 Å². The summed E-state index contributed by atoms with van der Waals surface area (Å²) in [7, 11) is 0. The highest BCUT2D eigenvalue weighted by Crippen LogP contribution is 2.30. The molecule has 1 aliphatic rings. The molecule has 1 fully saturated rings. The van der Waals surface area contributed by atoms with Gasteiger partial charge in [0, 0.05) is 31.0 Å². The van der Waals surface area contributed by atoms with E-state index in [2.05, 4.69) is 27.7 Å². The molecule has 160 valence electrons. The maximum atomic E-state index is 12.7. The molecule has 2 N–H and O–H groups in total. The Morgan fingerprint density at radius 2 is 1.63 bits per heavy atom. The van der Waals surface area contributed by atoms with Gasteiger partial charge in [-0.1, -0.05) is 18.2 Å². The van der Waals surface area contributed by atoms with Crippen LogP contribution in [-0.4, -0.2) is 31.4 Å². The average molecular weight is 419 g/mol. The first kappa shape index (κ1) is 21.7. The van der Waals surface area contributed by atoms with E-state index in [0.717, 1.165) is 30.8 Å². The summed E-state index contributed by atoms with van der Waals surface area (Å²) >= 11 is 0. The van der Waals surface area contributed by atoms with Crippen molar-refractivity contribution in [3.05, 3.63) is 59.7 Å². The molecule has 0 aliphatic carbocycles. The number of nitrogens with zero attached hydrogens (tertiary/aromatic N) is 1. The Labute approximate surface area is 173 Å². The molecule has 8 heteroatoms. The fourth-order valence-corrected chi connectivity index (χ4v) is 3.39. The summed E-state index contributed by atoms with van der Waals surface area (Å²) < 4.78 is 38.2. The summed E-state index contributed by atoms with van der Waals surface area (Å²) in [5.41, 5.74) is 1.23. The number of hydrogen-bond donors (Lipinski definition) is 2. The van der Waals surface area contributed by atoms with Crippen LogP contribution in [-0.2, 0) is 22.2 Å². The van der Waals surface area contributed by atoms with Gasteiger partial charge in [-0.25, -0.2) is 0 Å². The Bertz CT molecular complexity index is 876. The first-order valence-electron chi connectivity index (χ1n) is 9.93. The van der Waals surface area contributed by atoms with Crippen molar-refractivity contribution in [3.63, 3.8) is 0 Å². The first-order valence-corrected chi connectivity index (χ1v) is 9.93. The first-order chi connectivity index (χ1) is 14.3. The molecule has 3 rings (SSSR count). The van der Waals surface area contributed by atoms with Crippen LogP contribution in [0.3, 0.4) is 0 Å². The van der Waals surface area contributed by atoms with Crippen LogP contribution < -0.4 is 15.5 Å². The van der Waals surface area contributed by atoms with Gasteiger partial charge in [0.05, 0.1) is 5.56 Å². The maximum Gasteiger partial charge on any atom is 0.416 e. The lowest BCUT2D eigenvalue weighted by atomic mass is 10.1. The summed E-state index contributed by atoms with van der Waals surface area (Å²) in [6.45, 7) is 2.38. The molecule has 30 heavy (non-hydrogen) atoms. The predicted molar refractivity (Wildman–Crippen MR) is 109 cm³/mol. The molecular weight excluding hydrogens is 395 g/mol. The number of rotatable bonds is 5. The van der Waals surface area contributed by atoms with Crippen molar-refractivity contribution in [2.24, 2.45) is 0 Å². The molecule has 2 aromatic rings. The largest absolute Gasteiger partial charge is 0.416 e. The Balaban J connectivity index is 1.45. The van der Waals surface area contributed by atoms with Crippen LogP contribution in [0.1, 0.15) is 30.4 Å². The van der Waals surface area contributed by atoms with Gasteiger partial charge in [-0.3, -0.25) is 9.59 Å². The number of halogens is 3. The molecular formula is C22H24F3N3O2. The van der Waals surface area contributed by atoms with Crippen molar-refractivity contribution < 1.29 is 22.8 Å².